The van der Waals surface area contributed by atoms with Gasteiger partial charge < -0.3 is 19.9 Å². The van der Waals surface area contributed by atoms with Gasteiger partial charge in [0.15, 0.2) is 11.5 Å². The second-order valence-corrected chi connectivity index (χ2v) is 5.08. The average molecular weight is 325 g/mol. The van der Waals surface area contributed by atoms with Gasteiger partial charge in [0.25, 0.3) is 0 Å². The summed E-state index contributed by atoms with van der Waals surface area (Å²) in [6.07, 6.45) is 1.50. The fraction of sp³-hybridized carbons (Fsp3) is 0.222. The molecule has 6 heteroatoms. The van der Waals surface area contributed by atoms with E-state index < -0.39 is 0 Å². The van der Waals surface area contributed by atoms with Crippen molar-refractivity contribution in [2.75, 3.05) is 18.5 Å². The third kappa shape index (κ3) is 3.32. The molecule has 0 bridgehead atoms. The number of phenols is 1. The van der Waals surface area contributed by atoms with Crippen LogP contribution < -0.4 is 14.8 Å². The summed E-state index contributed by atoms with van der Waals surface area (Å²) in [6, 6.07) is 10.5. The third-order valence-corrected chi connectivity index (χ3v) is 3.43. The summed E-state index contributed by atoms with van der Waals surface area (Å²) in [4.78, 5) is 8.64. The van der Waals surface area contributed by atoms with Gasteiger partial charge in [0.1, 0.15) is 17.9 Å². The van der Waals surface area contributed by atoms with E-state index >= 15 is 0 Å². The first-order valence-corrected chi connectivity index (χ1v) is 7.81. The van der Waals surface area contributed by atoms with Gasteiger partial charge in [-0.25, -0.2) is 9.97 Å². The minimum absolute atomic E-state index is 0.216. The van der Waals surface area contributed by atoms with Crippen molar-refractivity contribution in [3.63, 3.8) is 0 Å². The van der Waals surface area contributed by atoms with Crippen molar-refractivity contribution in [3.05, 3.63) is 42.7 Å². The van der Waals surface area contributed by atoms with Crippen LogP contribution in [0.1, 0.15) is 13.8 Å². The molecule has 0 aliphatic rings. The van der Waals surface area contributed by atoms with Crippen molar-refractivity contribution >= 4 is 22.4 Å². The van der Waals surface area contributed by atoms with E-state index in [2.05, 4.69) is 15.3 Å². The van der Waals surface area contributed by atoms with Crippen molar-refractivity contribution in [2.45, 2.75) is 13.8 Å². The molecular formula is C18H19N3O3. The van der Waals surface area contributed by atoms with E-state index in [4.69, 9.17) is 9.47 Å². The lowest BCUT2D eigenvalue weighted by Gasteiger charge is -2.14. The number of benzene rings is 2. The first-order chi connectivity index (χ1) is 11.7. The van der Waals surface area contributed by atoms with Crippen molar-refractivity contribution in [3.8, 4) is 17.2 Å². The zero-order valence-electron chi connectivity index (χ0n) is 13.6. The fourth-order valence-corrected chi connectivity index (χ4v) is 2.38. The van der Waals surface area contributed by atoms with Crippen LogP contribution in [0.3, 0.4) is 0 Å². The summed E-state index contributed by atoms with van der Waals surface area (Å²) in [7, 11) is 0. The highest BCUT2D eigenvalue weighted by Crippen LogP contribution is 2.35. The molecule has 24 heavy (non-hydrogen) atoms. The van der Waals surface area contributed by atoms with Crippen LogP contribution in [-0.2, 0) is 0 Å². The van der Waals surface area contributed by atoms with Gasteiger partial charge in [0.05, 0.1) is 18.7 Å². The molecule has 1 heterocycles. The number of nitrogens with zero attached hydrogens (tertiary/aromatic N) is 2. The van der Waals surface area contributed by atoms with E-state index in [1.807, 2.05) is 26.0 Å². The van der Waals surface area contributed by atoms with Crippen LogP contribution in [0.15, 0.2) is 42.7 Å². The third-order valence-electron chi connectivity index (χ3n) is 3.43. The number of rotatable bonds is 6. The summed E-state index contributed by atoms with van der Waals surface area (Å²) in [5, 5.41) is 13.5. The van der Waals surface area contributed by atoms with Crippen molar-refractivity contribution < 1.29 is 14.6 Å². The normalized spacial score (nSPS) is 10.6. The maximum Gasteiger partial charge on any atom is 0.163 e. The predicted octanol–water partition coefficient (Wildman–Crippen LogP) is 3.88. The summed E-state index contributed by atoms with van der Waals surface area (Å²) < 4.78 is 11.3. The first-order valence-electron chi connectivity index (χ1n) is 7.81. The molecule has 0 amide bonds. The van der Waals surface area contributed by atoms with Crippen LogP contribution in [-0.4, -0.2) is 28.3 Å². The summed E-state index contributed by atoms with van der Waals surface area (Å²) in [5.74, 6) is 2.21. The number of aromatic hydroxyl groups is 1. The number of anilines is 2. The van der Waals surface area contributed by atoms with Gasteiger partial charge in [-0.3, -0.25) is 0 Å². The molecule has 2 N–H and O–H groups in total. The van der Waals surface area contributed by atoms with E-state index in [0.29, 0.717) is 30.5 Å². The molecular weight excluding hydrogens is 306 g/mol. The standard InChI is InChI=1S/C18H19N3O3/c1-3-23-16-9-14-15(10-17(16)24-4-2)19-11-20-18(14)21-12-5-7-13(22)8-6-12/h5-11,22H,3-4H2,1-2H3,(H,19,20,21). The molecule has 0 fully saturated rings. The average Bonchev–Trinajstić information content (AvgIpc) is 2.58. The van der Waals surface area contributed by atoms with Gasteiger partial charge in [0, 0.05) is 17.1 Å². The SMILES string of the molecule is CCOc1cc2ncnc(Nc3ccc(O)cc3)c2cc1OCC. The molecule has 1 aromatic heterocycles. The predicted molar refractivity (Wildman–Crippen MR) is 93.3 cm³/mol. The number of ether oxygens (including phenoxy) is 2. The molecule has 6 nitrogen and oxygen atoms in total. The minimum atomic E-state index is 0.216. The maximum absolute atomic E-state index is 9.39. The first kappa shape index (κ1) is 15.9. The lowest BCUT2D eigenvalue weighted by atomic mass is 10.2. The van der Waals surface area contributed by atoms with Gasteiger partial charge in [-0.05, 0) is 44.2 Å². The molecule has 0 atom stereocenters. The van der Waals surface area contributed by atoms with Crippen LogP contribution in [0.2, 0.25) is 0 Å². The molecule has 0 saturated carbocycles. The number of nitrogens with one attached hydrogen (secondary N) is 1. The maximum atomic E-state index is 9.39. The van der Waals surface area contributed by atoms with Crippen LogP contribution in [0, 0.1) is 0 Å². The molecule has 124 valence electrons. The second-order valence-electron chi connectivity index (χ2n) is 5.08. The zero-order chi connectivity index (χ0) is 16.9. The highest BCUT2D eigenvalue weighted by molar-refractivity contribution is 5.93. The monoisotopic (exact) mass is 325 g/mol. The Balaban J connectivity index is 2.04. The lowest BCUT2D eigenvalue weighted by molar-refractivity contribution is 0.288. The van der Waals surface area contributed by atoms with Crippen molar-refractivity contribution in [1.82, 2.24) is 9.97 Å². The zero-order valence-corrected chi connectivity index (χ0v) is 13.6. The number of fused-ring (bicyclic) bond motifs is 1. The number of phenolic OH excluding ortho intramolecular Hbond substituents is 1. The van der Waals surface area contributed by atoms with E-state index in [-0.39, 0.29) is 5.75 Å². The Morgan fingerprint density at radius 1 is 0.958 bits per heavy atom. The smallest absolute Gasteiger partial charge is 0.163 e. The lowest BCUT2D eigenvalue weighted by Crippen LogP contribution is -2.01. The van der Waals surface area contributed by atoms with Gasteiger partial charge in [-0.15, -0.1) is 0 Å². The Hall–Kier alpha value is -3.02. The van der Waals surface area contributed by atoms with E-state index in [1.165, 1.54) is 6.33 Å². The van der Waals surface area contributed by atoms with Crippen molar-refractivity contribution in [1.29, 1.82) is 0 Å². The highest BCUT2D eigenvalue weighted by Gasteiger charge is 2.12. The molecule has 0 aliphatic heterocycles. The van der Waals surface area contributed by atoms with Crippen LogP contribution in [0.4, 0.5) is 11.5 Å². The molecule has 0 unspecified atom stereocenters. The van der Waals surface area contributed by atoms with Crippen LogP contribution >= 0.6 is 0 Å². The number of aromatic nitrogens is 2. The van der Waals surface area contributed by atoms with Crippen LogP contribution in [0.25, 0.3) is 10.9 Å². The summed E-state index contributed by atoms with van der Waals surface area (Å²) in [5.41, 5.74) is 1.58. The van der Waals surface area contributed by atoms with Gasteiger partial charge in [-0.1, -0.05) is 0 Å². The van der Waals surface area contributed by atoms with Crippen LogP contribution in [0.5, 0.6) is 17.2 Å². The van der Waals surface area contributed by atoms with Crippen molar-refractivity contribution in [2.24, 2.45) is 0 Å². The summed E-state index contributed by atoms with van der Waals surface area (Å²) >= 11 is 0. The second kappa shape index (κ2) is 7.04. The largest absolute Gasteiger partial charge is 0.508 e. The Kier molecular flexibility index (Phi) is 4.65. The van der Waals surface area contributed by atoms with Gasteiger partial charge >= 0.3 is 0 Å². The minimum Gasteiger partial charge on any atom is -0.508 e. The van der Waals surface area contributed by atoms with Gasteiger partial charge in [-0.2, -0.15) is 0 Å². The molecule has 0 spiro atoms. The molecule has 3 aromatic rings. The van der Waals surface area contributed by atoms with Gasteiger partial charge in [0.2, 0.25) is 0 Å². The number of hydrogen-bond donors (Lipinski definition) is 2. The Morgan fingerprint density at radius 3 is 2.29 bits per heavy atom. The molecule has 0 saturated heterocycles. The quantitative estimate of drug-likeness (QED) is 0.670. The van der Waals surface area contributed by atoms with E-state index in [1.54, 1.807) is 24.3 Å². The molecule has 3 rings (SSSR count). The number of hydrogen-bond acceptors (Lipinski definition) is 6. The molecule has 2 aromatic carbocycles. The molecule has 0 aliphatic carbocycles. The van der Waals surface area contributed by atoms with E-state index in [9.17, 15) is 5.11 Å². The topological polar surface area (TPSA) is 76.5 Å². The summed E-state index contributed by atoms with van der Waals surface area (Å²) in [6.45, 7) is 4.95. The Bertz CT molecular complexity index is 835. The Labute approximate surface area is 140 Å². The Morgan fingerprint density at radius 2 is 1.62 bits per heavy atom. The van der Waals surface area contributed by atoms with E-state index in [0.717, 1.165) is 16.6 Å². The molecule has 0 radical (unpaired) electrons. The highest BCUT2D eigenvalue weighted by atomic mass is 16.5. The fourth-order valence-electron chi connectivity index (χ4n) is 2.38.